The highest BCUT2D eigenvalue weighted by atomic mass is 16.6. The number of carbonyl (C=O) groups excluding carboxylic acids is 1. The maximum Gasteiger partial charge on any atom is 0.408 e. The number of carbonyl (C=O) groups is 1. The fourth-order valence-corrected chi connectivity index (χ4v) is 1.09. The summed E-state index contributed by atoms with van der Waals surface area (Å²) in [6.45, 7) is 8.23. The molecule has 0 fully saturated rings. The van der Waals surface area contributed by atoms with Crippen LogP contribution in [0.1, 0.15) is 40.5 Å². The number of hydrogen-bond acceptors (Lipinski definition) is 4. The largest absolute Gasteiger partial charge is 0.444 e. The molecule has 1 amide bonds. The van der Waals surface area contributed by atoms with Crippen molar-refractivity contribution < 1.29 is 19.4 Å². The fraction of sp³-hybridized carbons (Fsp3) is 0.917. The summed E-state index contributed by atoms with van der Waals surface area (Å²) in [4.78, 5) is 11.4. The minimum absolute atomic E-state index is 0.161. The third kappa shape index (κ3) is 10.1. The van der Waals surface area contributed by atoms with Gasteiger partial charge in [-0.25, -0.2) is 4.79 Å². The quantitative estimate of drug-likeness (QED) is 0.672. The molecule has 0 aromatic heterocycles. The zero-order chi connectivity index (χ0) is 13.3. The van der Waals surface area contributed by atoms with Gasteiger partial charge in [-0.15, -0.1) is 0 Å². The first-order valence-corrected chi connectivity index (χ1v) is 6.07. The van der Waals surface area contributed by atoms with Crippen molar-refractivity contribution in [1.29, 1.82) is 0 Å². The predicted molar refractivity (Wildman–Crippen MR) is 66.0 cm³/mol. The van der Waals surface area contributed by atoms with Crippen LogP contribution in [-0.4, -0.2) is 42.7 Å². The molecule has 17 heavy (non-hydrogen) atoms. The molecule has 0 aromatic rings. The molecular weight excluding hydrogens is 222 g/mol. The van der Waals surface area contributed by atoms with Crippen molar-refractivity contribution in [3.05, 3.63) is 0 Å². The van der Waals surface area contributed by atoms with E-state index in [1.165, 1.54) is 0 Å². The summed E-state index contributed by atoms with van der Waals surface area (Å²) in [6.07, 6.45) is 1.50. The Labute approximate surface area is 103 Å². The number of aliphatic hydroxyl groups excluding tert-OH is 1. The molecule has 5 heteroatoms. The normalized spacial score (nSPS) is 13.2. The maximum absolute atomic E-state index is 11.4. The van der Waals surface area contributed by atoms with Gasteiger partial charge in [-0.2, -0.15) is 0 Å². The van der Waals surface area contributed by atoms with E-state index in [0.29, 0.717) is 13.2 Å². The summed E-state index contributed by atoms with van der Waals surface area (Å²) >= 11 is 0. The average molecular weight is 247 g/mol. The van der Waals surface area contributed by atoms with Crippen LogP contribution in [0.5, 0.6) is 0 Å². The zero-order valence-corrected chi connectivity index (χ0v) is 11.3. The summed E-state index contributed by atoms with van der Waals surface area (Å²) in [5.74, 6) is 0. The van der Waals surface area contributed by atoms with Crippen molar-refractivity contribution in [3.8, 4) is 0 Å². The first kappa shape index (κ1) is 16.2. The number of amides is 1. The van der Waals surface area contributed by atoms with Crippen molar-refractivity contribution in [2.45, 2.75) is 52.2 Å². The second-order valence-corrected chi connectivity index (χ2v) is 4.95. The van der Waals surface area contributed by atoms with Crippen LogP contribution in [0.4, 0.5) is 4.79 Å². The molecule has 0 unspecified atom stereocenters. The van der Waals surface area contributed by atoms with Crippen LogP contribution >= 0.6 is 0 Å². The molecule has 5 nitrogen and oxygen atoms in total. The topological polar surface area (TPSA) is 67.8 Å². The molecule has 0 aromatic carbocycles. The molecular formula is C12H25NO4. The van der Waals surface area contributed by atoms with Crippen molar-refractivity contribution >= 4 is 6.09 Å². The third-order valence-electron chi connectivity index (χ3n) is 1.90. The first-order valence-electron chi connectivity index (χ1n) is 6.07. The standard InChI is InChI=1S/C12H25NO4/c1-5-6-7-16-9-10(8-14)13-11(15)17-12(2,3)4/h10,14H,5-9H2,1-4H3,(H,13,15)/t10-/m1/s1. The minimum Gasteiger partial charge on any atom is -0.444 e. The Morgan fingerprint density at radius 1 is 1.41 bits per heavy atom. The number of ether oxygens (including phenoxy) is 2. The number of aliphatic hydroxyl groups is 1. The molecule has 0 saturated heterocycles. The van der Waals surface area contributed by atoms with E-state index in [9.17, 15) is 4.79 Å². The molecule has 0 saturated carbocycles. The van der Waals surface area contributed by atoms with Gasteiger partial charge in [0.15, 0.2) is 0 Å². The van der Waals surface area contributed by atoms with E-state index in [-0.39, 0.29) is 6.61 Å². The van der Waals surface area contributed by atoms with E-state index < -0.39 is 17.7 Å². The number of unbranched alkanes of at least 4 members (excludes halogenated alkanes) is 1. The zero-order valence-electron chi connectivity index (χ0n) is 11.3. The molecule has 102 valence electrons. The van der Waals surface area contributed by atoms with Gasteiger partial charge in [0, 0.05) is 6.61 Å². The monoisotopic (exact) mass is 247 g/mol. The molecule has 1 atom stereocenters. The Morgan fingerprint density at radius 2 is 2.06 bits per heavy atom. The number of hydrogen-bond donors (Lipinski definition) is 2. The lowest BCUT2D eigenvalue weighted by Gasteiger charge is -2.22. The summed E-state index contributed by atoms with van der Waals surface area (Å²) < 4.78 is 10.4. The summed E-state index contributed by atoms with van der Waals surface area (Å²) in [7, 11) is 0. The van der Waals surface area contributed by atoms with Crippen LogP contribution in [0.25, 0.3) is 0 Å². The number of rotatable bonds is 7. The molecule has 0 radical (unpaired) electrons. The second-order valence-electron chi connectivity index (χ2n) is 4.95. The summed E-state index contributed by atoms with van der Waals surface area (Å²) in [6, 6.07) is -0.415. The van der Waals surface area contributed by atoms with Gasteiger partial charge >= 0.3 is 6.09 Å². The number of alkyl carbamates (subject to hydrolysis) is 1. The average Bonchev–Trinajstić information content (AvgIpc) is 2.20. The van der Waals surface area contributed by atoms with E-state index in [4.69, 9.17) is 14.6 Å². The van der Waals surface area contributed by atoms with Gasteiger partial charge < -0.3 is 19.9 Å². The third-order valence-corrected chi connectivity index (χ3v) is 1.90. The van der Waals surface area contributed by atoms with Crippen LogP contribution in [0.15, 0.2) is 0 Å². The van der Waals surface area contributed by atoms with E-state index in [1.54, 1.807) is 20.8 Å². The first-order chi connectivity index (χ1) is 7.89. The van der Waals surface area contributed by atoms with Crippen LogP contribution in [0, 0.1) is 0 Å². The molecule has 2 N–H and O–H groups in total. The molecule has 0 rings (SSSR count). The van der Waals surface area contributed by atoms with Gasteiger partial charge in [-0.1, -0.05) is 13.3 Å². The Balaban J connectivity index is 3.83. The lowest BCUT2D eigenvalue weighted by molar-refractivity contribution is 0.0384. The Morgan fingerprint density at radius 3 is 2.53 bits per heavy atom. The Kier molecular flexibility index (Phi) is 7.91. The van der Waals surface area contributed by atoms with Crippen LogP contribution < -0.4 is 5.32 Å². The molecule has 0 aliphatic carbocycles. The van der Waals surface area contributed by atoms with Crippen LogP contribution in [0.3, 0.4) is 0 Å². The van der Waals surface area contributed by atoms with Crippen molar-refractivity contribution in [2.24, 2.45) is 0 Å². The lowest BCUT2D eigenvalue weighted by Crippen LogP contribution is -2.43. The predicted octanol–water partition coefficient (Wildman–Crippen LogP) is 1.69. The number of nitrogens with one attached hydrogen (secondary N) is 1. The second kappa shape index (κ2) is 8.31. The van der Waals surface area contributed by atoms with Crippen molar-refractivity contribution in [3.63, 3.8) is 0 Å². The summed E-state index contributed by atoms with van der Waals surface area (Å²) in [5.41, 5.74) is -0.535. The lowest BCUT2D eigenvalue weighted by atomic mass is 10.2. The van der Waals surface area contributed by atoms with Gasteiger partial charge in [0.1, 0.15) is 5.60 Å². The highest BCUT2D eigenvalue weighted by molar-refractivity contribution is 5.68. The van der Waals surface area contributed by atoms with Crippen molar-refractivity contribution in [1.82, 2.24) is 5.32 Å². The highest BCUT2D eigenvalue weighted by Crippen LogP contribution is 2.06. The van der Waals surface area contributed by atoms with Crippen LogP contribution in [-0.2, 0) is 9.47 Å². The van der Waals surface area contributed by atoms with Gasteiger partial charge in [0.05, 0.1) is 19.3 Å². The molecule has 0 spiro atoms. The van der Waals surface area contributed by atoms with E-state index >= 15 is 0 Å². The molecule has 0 aliphatic rings. The smallest absolute Gasteiger partial charge is 0.408 e. The van der Waals surface area contributed by atoms with Gasteiger partial charge in [-0.05, 0) is 27.2 Å². The fourth-order valence-electron chi connectivity index (χ4n) is 1.09. The van der Waals surface area contributed by atoms with Crippen LogP contribution in [0.2, 0.25) is 0 Å². The van der Waals surface area contributed by atoms with E-state index in [0.717, 1.165) is 12.8 Å². The maximum atomic E-state index is 11.4. The summed E-state index contributed by atoms with van der Waals surface area (Å²) in [5, 5.41) is 11.6. The molecule has 0 bridgehead atoms. The van der Waals surface area contributed by atoms with Crippen molar-refractivity contribution in [2.75, 3.05) is 19.8 Å². The Bertz CT molecular complexity index is 213. The van der Waals surface area contributed by atoms with Gasteiger partial charge in [0.25, 0.3) is 0 Å². The minimum atomic E-state index is -0.535. The molecule has 0 aliphatic heterocycles. The van der Waals surface area contributed by atoms with E-state index in [1.807, 2.05) is 0 Å². The highest BCUT2D eigenvalue weighted by Gasteiger charge is 2.19. The van der Waals surface area contributed by atoms with Gasteiger partial charge in [-0.3, -0.25) is 0 Å². The molecule has 0 heterocycles. The SMILES string of the molecule is CCCCOC[C@@H](CO)NC(=O)OC(C)(C)C. The van der Waals surface area contributed by atoms with Gasteiger partial charge in [0.2, 0.25) is 0 Å². The Hall–Kier alpha value is -0.810. The van der Waals surface area contributed by atoms with E-state index in [2.05, 4.69) is 12.2 Å².